The van der Waals surface area contributed by atoms with Crippen LogP contribution < -0.4 is 0 Å². The van der Waals surface area contributed by atoms with Crippen LogP contribution in [0.15, 0.2) is 0 Å². The van der Waals surface area contributed by atoms with Crippen molar-refractivity contribution >= 4 is 9.28 Å². The van der Waals surface area contributed by atoms with Gasteiger partial charge in [-0.25, -0.2) is 0 Å². The Morgan fingerprint density at radius 3 is 2.00 bits per heavy atom. The van der Waals surface area contributed by atoms with Gasteiger partial charge >= 0.3 is 9.28 Å². The van der Waals surface area contributed by atoms with Gasteiger partial charge in [0.05, 0.1) is 0 Å². The van der Waals surface area contributed by atoms with Gasteiger partial charge in [0, 0.05) is 7.11 Å². The lowest BCUT2D eigenvalue weighted by atomic mass is 10.6. The van der Waals surface area contributed by atoms with Crippen LogP contribution in [0.1, 0.15) is 13.8 Å². The van der Waals surface area contributed by atoms with E-state index < -0.39 is 9.28 Å². The lowest BCUT2D eigenvalue weighted by Gasteiger charge is -2.05. The van der Waals surface area contributed by atoms with E-state index in [1.165, 1.54) is 7.11 Å². The Kier molecular flexibility index (Phi) is 3.24. The first-order valence-corrected chi connectivity index (χ1v) is 3.71. The van der Waals surface area contributed by atoms with Crippen LogP contribution in [0.25, 0.3) is 0 Å². The SMILES string of the molecule is CO[Si](O)C(C)C. The van der Waals surface area contributed by atoms with E-state index in [1.807, 2.05) is 13.8 Å². The third-order valence-corrected chi connectivity index (χ3v) is 2.11. The standard InChI is InChI=1S/C4H11O2Si/c1-4(2)7(5)6-3/h4-5H,1-3H3. The van der Waals surface area contributed by atoms with E-state index in [0.29, 0.717) is 5.54 Å². The van der Waals surface area contributed by atoms with Crippen molar-refractivity contribution in [2.24, 2.45) is 0 Å². The molecular weight excluding hydrogens is 108 g/mol. The topological polar surface area (TPSA) is 29.5 Å². The maximum absolute atomic E-state index is 8.81. The zero-order chi connectivity index (χ0) is 5.86. The molecule has 0 amide bonds. The summed E-state index contributed by atoms with van der Waals surface area (Å²) < 4.78 is 4.67. The molecule has 0 aromatic heterocycles. The van der Waals surface area contributed by atoms with E-state index in [-0.39, 0.29) is 0 Å². The summed E-state index contributed by atoms with van der Waals surface area (Å²) in [5, 5.41) is 0. The van der Waals surface area contributed by atoms with Gasteiger partial charge in [-0.3, -0.25) is 0 Å². The highest BCUT2D eigenvalue weighted by Crippen LogP contribution is 2.02. The highest BCUT2D eigenvalue weighted by molar-refractivity contribution is 6.44. The van der Waals surface area contributed by atoms with Gasteiger partial charge in [0.15, 0.2) is 0 Å². The molecule has 0 aliphatic carbocycles. The number of hydrogen-bond acceptors (Lipinski definition) is 2. The molecule has 7 heavy (non-hydrogen) atoms. The molecule has 0 rings (SSSR count). The predicted octanol–water partition coefficient (Wildman–Crippen LogP) is 0.523. The van der Waals surface area contributed by atoms with Crippen LogP contribution in [0.5, 0.6) is 0 Å². The third-order valence-electron chi connectivity index (χ3n) is 0.703. The van der Waals surface area contributed by atoms with Crippen molar-refractivity contribution in [3.63, 3.8) is 0 Å². The van der Waals surface area contributed by atoms with Gasteiger partial charge in [0.25, 0.3) is 0 Å². The Hall–Kier alpha value is 0.137. The van der Waals surface area contributed by atoms with Gasteiger partial charge in [-0.2, -0.15) is 0 Å². The molecule has 0 aromatic carbocycles. The lowest BCUT2D eigenvalue weighted by Crippen LogP contribution is -2.18. The first-order chi connectivity index (χ1) is 3.18. The van der Waals surface area contributed by atoms with E-state index >= 15 is 0 Å². The molecule has 1 radical (unpaired) electrons. The van der Waals surface area contributed by atoms with Crippen LogP contribution in [-0.2, 0) is 4.43 Å². The minimum atomic E-state index is -1.45. The molecular formula is C4H11O2Si. The Bertz CT molecular complexity index is 47.0. The highest BCUT2D eigenvalue weighted by atomic mass is 28.3. The Morgan fingerprint density at radius 1 is 1.57 bits per heavy atom. The van der Waals surface area contributed by atoms with Crippen LogP contribution in [0.4, 0.5) is 0 Å². The monoisotopic (exact) mass is 119 g/mol. The summed E-state index contributed by atoms with van der Waals surface area (Å²) in [5.74, 6) is 0. The smallest absolute Gasteiger partial charge is 0.384 e. The maximum atomic E-state index is 8.81. The molecule has 0 aliphatic rings. The van der Waals surface area contributed by atoms with Crippen molar-refractivity contribution < 1.29 is 9.22 Å². The van der Waals surface area contributed by atoms with E-state index in [2.05, 4.69) is 4.43 Å². The average Bonchev–Trinajstić information content (AvgIpc) is 1.65. The van der Waals surface area contributed by atoms with Crippen LogP contribution in [0, 0.1) is 0 Å². The Morgan fingerprint density at radius 2 is 2.00 bits per heavy atom. The largest absolute Gasteiger partial charge is 0.410 e. The van der Waals surface area contributed by atoms with E-state index in [9.17, 15) is 0 Å². The Labute approximate surface area is 46.0 Å². The summed E-state index contributed by atoms with van der Waals surface area (Å²) in [4.78, 5) is 8.81. The molecule has 0 saturated carbocycles. The van der Waals surface area contributed by atoms with Gasteiger partial charge in [0.1, 0.15) is 0 Å². The summed E-state index contributed by atoms with van der Waals surface area (Å²) in [6, 6.07) is 0. The molecule has 0 bridgehead atoms. The summed E-state index contributed by atoms with van der Waals surface area (Å²) >= 11 is 0. The molecule has 43 valence electrons. The van der Waals surface area contributed by atoms with E-state index in [0.717, 1.165) is 0 Å². The van der Waals surface area contributed by atoms with Crippen molar-refractivity contribution in [2.75, 3.05) is 7.11 Å². The minimum Gasteiger partial charge on any atom is -0.410 e. The predicted molar refractivity (Wildman–Crippen MR) is 30.1 cm³/mol. The zero-order valence-corrected chi connectivity index (χ0v) is 5.93. The van der Waals surface area contributed by atoms with Crippen molar-refractivity contribution in [1.82, 2.24) is 0 Å². The molecule has 0 fully saturated rings. The lowest BCUT2D eigenvalue weighted by molar-refractivity contribution is 0.317. The molecule has 0 unspecified atom stereocenters. The van der Waals surface area contributed by atoms with Crippen LogP contribution in [0.3, 0.4) is 0 Å². The number of hydrogen-bond donors (Lipinski definition) is 1. The van der Waals surface area contributed by atoms with Crippen molar-refractivity contribution in [3.05, 3.63) is 0 Å². The van der Waals surface area contributed by atoms with Crippen molar-refractivity contribution in [2.45, 2.75) is 19.4 Å². The Balaban J connectivity index is 3.14. The zero-order valence-electron chi connectivity index (χ0n) is 4.93. The molecule has 0 spiro atoms. The van der Waals surface area contributed by atoms with Gasteiger partial charge in [0.2, 0.25) is 0 Å². The van der Waals surface area contributed by atoms with Gasteiger partial charge in [-0.1, -0.05) is 13.8 Å². The first kappa shape index (κ1) is 7.14. The average molecular weight is 119 g/mol. The molecule has 0 heterocycles. The summed E-state index contributed by atoms with van der Waals surface area (Å²) in [5.41, 5.74) is 0.301. The second kappa shape index (κ2) is 3.18. The molecule has 0 saturated heterocycles. The molecule has 3 heteroatoms. The highest BCUT2D eigenvalue weighted by Gasteiger charge is 2.11. The summed E-state index contributed by atoms with van der Waals surface area (Å²) in [7, 11) is 0.0900. The third kappa shape index (κ3) is 2.79. The van der Waals surface area contributed by atoms with Gasteiger partial charge < -0.3 is 9.22 Å². The maximum Gasteiger partial charge on any atom is 0.384 e. The van der Waals surface area contributed by atoms with Gasteiger partial charge in [-0.05, 0) is 5.54 Å². The second-order valence-corrected chi connectivity index (χ2v) is 3.94. The van der Waals surface area contributed by atoms with Crippen molar-refractivity contribution in [3.8, 4) is 0 Å². The van der Waals surface area contributed by atoms with Crippen LogP contribution in [-0.4, -0.2) is 21.2 Å². The van der Waals surface area contributed by atoms with E-state index in [4.69, 9.17) is 4.80 Å². The molecule has 0 aromatic rings. The van der Waals surface area contributed by atoms with Crippen LogP contribution in [0.2, 0.25) is 5.54 Å². The fourth-order valence-corrected chi connectivity index (χ4v) is 0.707. The van der Waals surface area contributed by atoms with E-state index in [1.54, 1.807) is 0 Å². The normalized spacial score (nSPS) is 11.1. The summed E-state index contributed by atoms with van der Waals surface area (Å²) in [6.45, 7) is 3.88. The fourth-order valence-electron chi connectivity index (χ4n) is 0.236. The summed E-state index contributed by atoms with van der Waals surface area (Å²) in [6.07, 6.45) is 0. The van der Waals surface area contributed by atoms with Gasteiger partial charge in [-0.15, -0.1) is 0 Å². The quantitative estimate of drug-likeness (QED) is 0.537. The second-order valence-electron chi connectivity index (χ2n) is 1.70. The van der Waals surface area contributed by atoms with Crippen molar-refractivity contribution in [1.29, 1.82) is 0 Å². The molecule has 1 N–H and O–H groups in total. The minimum absolute atomic E-state index is 0.301. The molecule has 0 aliphatic heterocycles. The first-order valence-electron chi connectivity index (χ1n) is 2.28. The molecule has 2 nitrogen and oxygen atoms in total. The van der Waals surface area contributed by atoms with Crippen LogP contribution >= 0.6 is 0 Å². The molecule has 0 atom stereocenters. The number of rotatable bonds is 2. The fraction of sp³-hybridized carbons (Fsp3) is 1.00.